The fourth-order valence-electron chi connectivity index (χ4n) is 2.24. The molecule has 7 heteroatoms. The number of hydrogen-bond donors (Lipinski definition) is 3. The minimum absolute atomic E-state index is 0.238. The molecule has 0 fully saturated rings. The van der Waals surface area contributed by atoms with Gasteiger partial charge in [-0.25, -0.2) is 13.1 Å². The maximum atomic E-state index is 12.2. The van der Waals surface area contributed by atoms with Crippen LogP contribution in [0.1, 0.15) is 27.7 Å². The molecule has 1 rings (SSSR count). The second kappa shape index (κ2) is 7.74. The number of hydrogen-bond acceptors (Lipinski definition) is 5. The van der Waals surface area contributed by atoms with Crippen molar-refractivity contribution in [1.29, 1.82) is 0 Å². The lowest BCUT2D eigenvalue weighted by molar-refractivity contribution is 0.179. The minimum Gasteiger partial charge on any atom is -0.324 e. The number of sulfonamides is 1. The van der Waals surface area contributed by atoms with Crippen molar-refractivity contribution in [2.45, 2.75) is 44.7 Å². The Morgan fingerprint density at radius 1 is 1.10 bits per heavy atom. The number of nitrogens with one attached hydrogen (secondary N) is 2. The molecule has 0 aromatic heterocycles. The van der Waals surface area contributed by atoms with Gasteiger partial charge >= 0.3 is 0 Å². The number of nitrogen functional groups attached to an aromatic ring is 1. The Labute approximate surface area is 127 Å². The summed E-state index contributed by atoms with van der Waals surface area (Å²) in [5, 5.41) is 0. The first-order valence-corrected chi connectivity index (χ1v) is 8.58. The Kier molecular flexibility index (Phi) is 6.60. The van der Waals surface area contributed by atoms with Crippen LogP contribution in [0, 0.1) is 0 Å². The fourth-order valence-corrected chi connectivity index (χ4v) is 3.26. The van der Waals surface area contributed by atoms with E-state index in [0.29, 0.717) is 30.9 Å². The van der Waals surface area contributed by atoms with Crippen molar-refractivity contribution in [3.63, 3.8) is 0 Å². The standard InChI is InChI=1S/C14H26N4O2S/c1-11(2)18(12(3)4)10-9-16-21(19,20)14-7-5-13(17-15)6-8-14/h5-8,11-12,16-17H,9-10,15H2,1-4H3. The third kappa shape index (κ3) is 5.28. The van der Waals surface area contributed by atoms with Crippen molar-refractivity contribution in [3.05, 3.63) is 24.3 Å². The zero-order valence-corrected chi connectivity index (χ0v) is 13.9. The summed E-state index contributed by atoms with van der Waals surface area (Å²) in [6, 6.07) is 7.07. The molecule has 0 saturated carbocycles. The summed E-state index contributed by atoms with van der Waals surface area (Å²) in [5.41, 5.74) is 3.13. The summed E-state index contributed by atoms with van der Waals surface area (Å²) in [6.45, 7) is 9.48. The van der Waals surface area contributed by atoms with Gasteiger partial charge < -0.3 is 5.43 Å². The third-order valence-corrected chi connectivity index (χ3v) is 4.80. The van der Waals surface area contributed by atoms with E-state index < -0.39 is 10.0 Å². The molecule has 21 heavy (non-hydrogen) atoms. The maximum Gasteiger partial charge on any atom is 0.240 e. The summed E-state index contributed by atoms with van der Waals surface area (Å²) >= 11 is 0. The molecule has 0 unspecified atom stereocenters. The van der Waals surface area contributed by atoms with Crippen LogP contribution in [0.5, 0.6) is 0 Å². The Hall–Kier alpha value is -1.15. The normalized spacial score (nSPS) is 12.4. The van der Waals surface area contributed by atoms with E-state index in [1.54, 1.807) is 12.1 Å². The summed E-state index contributed by atoms with van der Waals surface area (Å²) < 4.78 is 27.0. The predicted molar refractivity (Wildman–Crippen MR) is 86.4 cm³/mol. The number of rotatable bonds is 8. The molecule has 0 atom stereocenters. The molecule has 1 aromatic rings. The van der Waals surface area contributed by atoms with Crippen LogP contribution in [-0.4, -0.2) is 38.5 Å². The molecule has 6 nitrogen and oxygen atoms in total. The second-order valence-corrected chi connectivity index (χ2v) is 7.26. The van der Waals surface area contributed by atoms with Crippen LogP contribution in [0.15, 0.2) is 29.2 Å². The van der Waals surface area contributed by atoms with Crippen LogP contribution in [0.4, 0.5) is 5.69 Å². The highest BCUT2D eigenvalue weighted by molar-refractivity contribution is 7.89. The first-order valence-electron chi connectivity index (χ1n) is 7.10. The molecule has 0 radical (unpaired) electrons. The molecule has 0 heterocycles. The Morgan fingerprint density at radius 2 is 1.62 bits per heavy atom. The maximum absolute atomic E-state index is 12.2. The number of nitrogens with zero attached hydrogens (tertiary/aromatic N) is 1. The van der Waals surface area contributed by atoms with Crippen LogP contribution in [0.3, 0.4) is 0 Å². The summed E-state index contributed by atoms with van der Waals surface area (Å²) in [7, 11) is -3.48. The number of hydrazine groups is 1. The van der Waals surface area contributed by atoms with E-state index in [1.165, 1.54) is 12.1 Å². The number of nitrogens with two attached hydrogens (primary N) is 1. The van der Waals surface area contributed by atoms with Crippen molar-refractivity contribution >= 4 is 15.7 Å². The van der Waals surface area contributed by atoms with E-state index in [1.807, 2.05) is 0 Å². The predicted octanol–water partition coefficient (Wildman–Crippen LogP) is 1.37. The van der Waals surface area contributed by atoms with E-state index >= 15 is 0 Å². The lowest BCUT2D eigenvalue weighted by atomic mass is 10.2. The van der Waals surface area contributed by atoms with Crippen molar-refractivity contribution in [1.82, 2.24) is 9.62 Å². The molecular formula is C14H26N4O2S. The third-order valence-electron chi connectivity index (χ3n) is 3.32. The van der Waals surface area contributed by atoms with Crippen LogP contribution in [0.2, 0.25) is 0 Å². The molecule has 0 amide bonds. The van der Waals surface area contributed by atoms with Gasteiger partial charge in [0, 0.05) is 30.9 Å². The highest BCUT2D eigenvalue weighted by atomic mass is 32.2. The van der Waals surface area contributed by atoms with E-state index in [2.05, 4.69) is 42.7 Å². The SMILES string of the molecule is CC(C)N(CCNS(=O)(=O)c1ccc(NN)cc1)C(C)C. The average Bonchev–Trinajstić information content (AvgIpc) is 2.42. The zero-order chi connectivity index (χ0) is 16.0. The van der Waals surface area contributed by atoms with Crippen molar-refractivity contribution in [3.8, 4) is 0 Å². The van der Waals surface area contributed by atoms with Crippen molar-refractivity contribution in [2.24, 2.45) is 5.84 Å². The highest BCUT2D eigenvalue weighted by Crippen LogP contribution is 2.13. The van der Waals surface area contributed by atoms with Crippen LogP contribution >= 0.6 is 0 Å². The molecule has 120 valence electrons. The van der Waals surface area contributed by atoms with Crippen LogP contribution < -0.4 is 16.0 Å². The van der Waals surface area contributed by atoms with Gasteiger partial charge in [-0.15, -0.1) is 0 Å². The molecule has 0 aliphatic rings. The largest absolute Gasteiger partial charge is 0.324 e. The van der Waals surface area contributed by atoms with Crippen molar-refractivity contribution < 1.29 is 8.42 Å². The quantitative estimate of drug-likeness (QED) is 0.498. The average molecular weight is 314 g/mol. The van der Waals surface area contributed by atoms with Gasteiger partial charge in [0.1, 0.15) is 0 Å². The van der Waals surface area contributed by atoms with Gasteiger partial charge in [-0.3, -0.25) is 10.7 Å². The Balaban J connectivity index is 2.64. The van der Waals surface area contributed by atoms with Gasteiger partial charge in [0.2, 0.25) is 10.0 Å². The van der Waals surface area contributed by atoms with Gasteiger partial charge in [0.25, 0.3) is 0 Å². The Bertz CT molecular complexity index is 518. The Morgan fingerprint density at radius 3 is 2.05 bits per heavy atom. The van der Waals surface area contributed by atoms with Crippen molar-refractivity contribution in [2.75, 3.05) is 18.5 Å². The van der Waals surface area contributed by atoms with Gasteiger partial charge in [0.15, 0.2) is 0 Å². The summed E-state index contributed by atoms with van der Waals surface area (Å²) in [6.07, 6.45) is 0. The van der Waals surface area contributed by atoms with E-state index in [4.69, 9.17) is 5.84 Å². The van der Waals surface area contributed by atoms with Gasteiger partial charge in [-0.1, -0.05) is 0 Å². The molecule has 0 aliphatic heterocycles. The van der Waals surface area contributed by atoms with Gasteiger partial charge in [-0.05, 0) is 52.0 Å². The lowest BCUT2D eigenvalue weighted by Gasteiger charge is -2.30. The van der Waals surface area contributed by atoms with E-state index in [-0.39, 0.29) is 4.90 Å². The topological polar surface area (TPSA) is 87.5 Å². The van der Waals surface area contributed by atoms with E-state index in [9.17, 15) is 8.42 Å². The molecule has 0 spiro atoms. The monoisotopic (exact) mass is 314 g/mol. The molecule has 0 saturated heterocycles. The molecule has 0 aliphatic carbocycles. The molecular weight excluding hydrogens is 288 g/mol. The number of anilines is 1. The molecule has 1 aromatic carbocycles. The first-order chi connectivity index (χ1) is 9.77. The van der Waals surface area contributed by atoms with Gasteiger partial charge in [0.05, 0.1) is 4.90 Å². The smallest absolute Gasteiger partial charge is 0.240 e. The first kappa shape index (κ1) is 17.9. The van der Waals surface area contributed by atoms with Crippen LogP contribution in [-0.2, 0) is 10.0 Å². The minimum atomic E-state index is -3.48. The second-order valence-electron chi connectivity index (χ2n) is 5.49. The summed E-state index contributed by atoms with van der Waals surface area (Å²) in [5.74, 6) is 5.26. The van der Waals surface area contributed by atoms with Gasteiger partial charge in [-0.2, -0.15) is 0 Å². The molecule has 0 bridgehead atoms. The zero-order valence-electron chi connectivity index (χ0n) is 13.1. The van der Waals surface area contributed by atoms with Crippen LogP contribution in [0.25, 0.3) is 0 Å². The summed E-state index contributed by atoms with van der Waals surface area (Å²) in [4.78, 5) is 2.48. The highest BCUT2D eigenvalue weighted by Gasteiger charge is 2.16. The fraction of sp³-hybridized carbons (Fsp3) is 0.571. The number of benzene rings is 1. The van der Waals surface area contributed by atoms with E-state index in [0.717, 1.165) is 0 Å². The lowest BCUT2D eigenvalue weighted by Crippen LogP contribution is -2.42. The molecule has 4 N–H and O–H groups in total.